The third-order valence-corrected chi connectivity index (χ3v) is 2.67. The molecule has 4 heteroatoms. The summed E-state index contributed by atoms with van der Waals surface area (Å²) in [4.78, 5) is 15.8. The van der Waals surface area contributed by atoms with Crippen LogP contribution < -0.4 is 5.32 Å². The highest BCUT2D eigenvalue weighted by molar-refractivity contribution is 6.03. The maximum Gasteiger partial charge on any atom is 0.257 e. The Morgan fingerprint density at radius 2 is 1.95 bits per heavy atom. The van der Waals surface area contributed by atoms with Crippen molar-refractivity contribution in [3.05, 3.63) is 59.9 Å². The molecule has 2 rings (SSSR count). The summed E-state index contributed by atoms with van der Waals surface area (Å²) in [7, 11) is 0. The SMILES string of the molecule is CCCc1ccc(NC(=O)c2cccnc2)cc1.Cl. The quantitative estimate of drug-likeness (QED) is 0.925. The number of rotatable bonds is 4. The average Bonchev–Trinajstić information content (AvgIpc) is 2.42. The Hall–Kier alpha value is -1.87. The van der Waals surface area contributed by atoms with Gasteiger partial charge < -0.3 is 5.32 Å². The first-order valence-corrected chi connectivity index (χ1v) is 6.10. The molecule has 1 aromatic heterocycles. The molecule has 2 aromatic rings. The lowest BCUT2D eigenvalue weighted by molar-refractivity contribution is 0.102. The van der Waals surface area contributed by atoms with E-state index in [1.165, 1.54) is 5.56 Å². The number of anilines is 1. The fourth-order valence-corrected chi connectivity index (χ4v) is 1.74. The smallest absolute Gasteiger partial charge is 0.257 e. The highest BCUT2D eigenvalue weighted by Gasteiger charge is 2.05. The summed E-state index contributed by atoms with van der Waals surface area (Å²) in [6.45, 7) is 2.15. The van der Waals surface area contributed by atoms with Crippen LogP contribution in [0.5, 0.6) is 0 Å². The molecule has 0 atom stereocenters. The van der Waals surface area contributed by atoms with Crippen LogP contribution in [0.15, 0.2) is 48.8 Å². The summed E-state index contributed by atoms with van der Waals surface area (Å²) >= 11 is 0. The molecule has 3 nitrogen and oxygen atoms in total. The van der Waals surface area contributed by atoms with Crippen LogP contribution in [0.1, 0.15) is 29.3 Å². The van der Waals surface area contributed by atoms with Crippen molar-refractivity contribution in [1.29, 1.82) is 0 Å². The van der Waals surface area contributed by atoms with E-state index in [0.717, 1.165) is 18.5 Å². The monoisotopic (exact) mass is 276 g/mol. The molecule has 0 aliphatic heterocycles. The van der Waals surface area contributed by atoms with Gasteiger partial charge in [0.15, 0.2) is 0 Å². The molecular weight excluding hydrogens is 260 g/mol. The van der Waals surface area contributed by atoms with Crippen LogP contribution in [0.2, 0.25) is 0 Å². The lowest BCUT2D eigenvalue weighted by Crippen LogP contribution is -2.11. The summed E-state index contributed by atoms with van der Waals surface area (Å²) in [6, 6.07) is 11.4. The minimum absolute atomic E-state index is 0. The Morgan fingerprint density at radius 3 is 2.53 bits per heavy atom. The number of benzene rings is 1. The molecule has 1 N–H and O–H groups in total. The van der Waals surface area contributed by atoms with Gasteiger partial charge in [0.1, 0.15) is 0 Å². The van der Waals surface area contributed by atoms with E-state index in [4.69, 9.17) is 0 Å². The molecule has 0 saturated carbocycles. The summed E-state index contributed by atoms with van der Waals surface area (Å²) in [5.41, 5.74) is 2.66. The fraction of sp³-hybridized carbons (Fsp3) is 0.200. The molecule has 0 aliphatic rings. The number of carbonyl (C=O) groups excluding carboxylic acids is 1. The number of aromatic nitrogens is 1. The van der Waals surface area contributed by atoms with Crippen molar-refractivity contribution in [1.82, 2.24) is 4.98 Å². The van der Waals surface area contributed by atoms with E-state index in [0.29, 0.717) is 5.56 Å². The van der Waals surface area contributed by atoms with Crippen LogP contribution in [0.4, 0.5) is 5.69 Å². The van der Waals surface area contributed by atoms with Crippen molar-refractivity contribution in [2.24, 2.45) is 0 Å². The molecule has 100 valence electrons. The molecule has 0 unspecified atom stereocenters. The maximum atomic E-state index is 11.9. The number of nitrogens with zero attached hydrogens (tertiary/aromatic N) is 1. The van der Waals surface area contributed by atoms with Crippen LogP contribution in [0.25, 0.3) is 0 Å². The molecule has 1 aromatic carbocycles. The molecule has 0 bridgehead atoms. The summed E-state index contributed by atoms with van der Waals surface area (Å²) in [5, 5.41) is 2.85. The lowest BCUT2D eigenvalue weighted by atomic mass is 10.1. The number of halogens is 1. The molecule has 0 fully saturated rings. The highest BCUT2D eigenvalue weighted by atomic mass is 35.5. The minimum atomic E-state index is -0.133. The van der Waals surface area contributed by atoms with Gasteiger partial charge in [-0.25, -0.2) is 0 Å². The molecule has 1 amide bonds. The second-order valence-corrected chi connectivity index (χ2v) is 4.14. The minimum Gasteiger partial charge on any atom is -0.322 e. The summed E-state index contributed by atoms with van der Waals surface area (Å²) in [5.74, 6) is -0.133. The van der Waals surface area contributed by atoms with Crippen LogP contribution in [-0.4, -0.2) is 10.9 Å². The Labute approximate surface area is 119 Å². The Kier molecular flexibility index (Phi) is 6.03. The zero-order valence-corrected chi connectivity index (χ0v) is 11.6. The summed E-state index contributed by atoms with van der Waals surface area (Å²) in [6.07, 6.45) is 5.40. The zero-order valence-electron chi connectivity index (χ0n) is 10.8. The van der Waals surface area contributed by atoms with Gasteiger partial charge in [-0.3, -0.25) is 9.78 Å². The van der Waals surface area contributed by atoms with E-state index in [1.807, 2.05) is 24.3 Å². The summed E-state index contributed by atoms with van der Waals surface area (Å²) < 4.78 is 0. The molecule has 0 saturated heterocycles. The second kappa shape index (κ2) is 7.54. The number of nitrogens with one attached hydrogen (secondary N) is 1. The van der Waals surface area contributed by atoms with Gasteiger partial charge in [-0.1, -0.05) is 25.5 Å². The molecular formula is C15H17ClN2O. The standard InChI is InChI=1S/C15H16N2O.ClH/c1-2-4-12-6-8-14(9-7-12)17-15(18)13-5-3-10-16-11-13;/h3,5-11H,2,4H2,1H3,(H,17,18);1H. The van der Waals surface area contributed by atoms with Gasteiger partial charge in [-0.05, 0) is 36.2 Å². The largest absolute Gasteiger partial charge is 0.322 e. The normalized spacial score (nSPS) is 9.53. The van der Waals surface area contributed by atoms with Crippen molar-refractivity contribution < 1.29 is 4.79 Å². The van der Waals surface area contributed by atoms with Crippen LogP contribution in [0.3, 0.4) is 0 Å². The number of carbonyl (C=O) groups is 1. The number of hydrogen-bond acceptors (Lipinski definition) is 2. The van der Waals surface area contributed by atoms with Gasteiger partial charge in [0.2, 0.25) is 0 Å². The highest BCUT2D eigenvalue weighted by Crippen LogP contribution is 2.12. The molecule has 0 radical (unpaired) electrons. The predicted octanol–water partition coefficient (Wildman–Crippen LogP) is 3.71. The van der Waals surface area contributed by atoms with Crippen molar-refractivity contribution >= 4 is 24.0 Å². The van der Waals surface area contributed by atoms with Gasteiger partial charge in [-0.2, -0.15) is 0 Å². The Bertz CT molecular complexity index is 511. The van der Waals surface area contributed by atoms with Crippen LogP contribution in [-0.2, 0) is 6.42 Å². The van der Waals surface area contributed by atoms with Gasteiger partial charge >= 0.3 is 0 Å². The molecule has 0 spiro atoms. The van der Waals surface area contributed by atoms with Crippen molar-refractivity contribution in [3.8, 4) is 0 Å². The average molecular weight is 277 g/mol. The fourth-order valence-electron chi connectivity index (χ4n) is 1.74. The first kappa shape index (κ1) is 15.2. The van der Waals surface area contributed by atoms with Crippen molar-refractivity contribution in [3.63, 3.8) is 0 Å². The first-order chi connectivity index (χ1) is 8.79. The van der Waals surface area contributed by atoms with Crippen molar-refractivity contribution in [2.75, 3.05) is 5.32 Å². The Balaban J connectivity index is 0.00000180. The first-order valence-electron chi connectivity index (χ1n) is 6.10. The maximum absolute atomic E-state index is 11.9. The van der Waals surface area contributed by atoms with E-state index < -0.39 is 0 Å². The van der Waals surface area contributed by atoms with Crippen LogP contribution in [0, 0.1) is 0 Å². The predicted molar refractivity (Wildman–Crippen MR) is 79.9 cm³/mol. The number of amides is 1. The number of aryl methyl sites for hydroxylation is 1. The molecule has 1 heterocycles. The van der Waals surface area contributed by atoms with Gasteiger partial charge in [0.25, 0.3) is 5.91 Å². The van der Waals surface area contributed by atoms with E-state index in [-0.39, 0.29) is 18.3 Å². The zero-order chi connectivity index (χ0) is 12.8. The number of hydrogen-bond donors (Lipinski definition) is 1. The third kappa shape index (κ3) is 4.38. The van der Waals surface area contributed by atoms with E-state index >= 15 is 0 Å². The second-order valence-electron chi connectivity index (χ2n) is 4.14. The van der Waals surface area contributed by atoms with Gasteiger partial charge in [0.05, 0.1) is 5.56 Å². The van der Waals surface area contributed by atoms with Crippen LogP contribution >= 0.6 is 12.4 Å². The van der Waals surface area contributed by atoms with Gasteiger partial charge in [0, 0.05) is 18.1 Å². The Morgan fingerprint density at radius 1 is 1.21 bits per heavy atom. The van der Waals surface area contributed by atoms with E-state index in [9.17, 15) is 4.79 Å². The number of pyridine rings is 1. The van der Waals surface area contributed by atoms with E-state index in [2.05, 4.69) is 17.2 Å². The van der Waals surface area contributed by atoms with Gasteiger partial charge in [-0.15, -0.1) is 12.4 Å². The molecule has 19 heavy (non-hydrogen) atoms. The van der Waals surface area contributed by atoms with Crippen molar-refractivity contribution in [2.45, 2.75) is 19.8 Å². The topological polar surface area (TPSA) is 42.0 Å². The lowest BCUT2D eigenvalue weighted by Gasteiger charge is -2.06. The molecule has 0 aliphatic carbocycles. The third-order valence-electron chi connectivity index (χ3n) is 2.67. The van der Waals surface area contributed by atoms with E-state index in [1.54, 1.807) is 24.5 Å².